The zero-order chi connectivity index (χ0) is 14.5. The summed E-state index contributed by atoms with van der Waals surface area (Å²) in [5.41, 5.74) is 0.799. The highest BCUT2D eigenvalue weighted by Crippen LogP contribution is 2.34. The number of nitrogens with one attached hydrogen (secondary N) is 1. The van der Waals surface area contributed by atoms with Crippen LogP contribution in [0.1, 0.15) is 23.4 Å². The van der Waals surface area contributed by atoms with Gasteiger partial charge < -0.3 is 10.1 Å². The van der Waals surface area contributed by atoms with Crippen LogP contribution in [-0.2, 0) is 6.42 Å². The van der Waals surface area contributed by atoms with Crippen molar-refractivity contribution in [1.29, 1.82) is 0 Å². The lowest BCUT2D eigenvalue weighted by Crippen LogP contribution is -2.22. The largest absolute Gasteiger partial charge is 0.496 e. The van der Waals surface area contributed by atoms with E-state index < -0.39 is 0 Å². The van der Waals surface area contributed by atoms with E-state index in [0.717, 1.165) is 22.7 Å². The van der Waals surface area contributed by atoms with Crippen molar-refractivity contribution in [2.24, 2.45) is 0 Å². The molecule has 0 spiro atoms. The summed E-state index contributed by atoms with van der Waals surface area (Å²) in [5, 5.41) is 5.98. The van der Waals surface area contributed by atoms with Crippen LogP contribution in [0.3, 0.4) is 0 Å². The highest BCUT2D eigenvalue weighted by molar-refractivity contribution is 7.10. The molecule has 0 saturated heterocycles. The minimum absolute atomic E-state index is 0.0641. The number of hydrogen-bond acceptors (Lipinski definition) is 3. The maximum Gasteiger partial charge on any atom is 0.134 e. The Morgan fingerprint density at radius 3 is 2.90 bits per heavy atom. The molecular formula is C15H17ClFNOS. The molecule has 1 heterocycles. The maximum atomic E-state index is 13.4. The van der Waals surface area contributed by atoms with Gasteiger partial charge in [0.05, 0.1) is 12.0 Å². The molecule has 0 aliphatic rings. The fourth-order valence-electron chi connectivity index (χ4n) is 2.16. The first-order valence-corrected chi connectivity index (χ1v) is 7.70. The molecule has 1 unspecified atom stereocenters. The summed E-state index contributed by atoms with van der Waals surface area (Å²) >= 11 is 7.78. The second kappa shape index (κ2) is 7.07. The van der Waals surface area contributed by atoms with Crippen LogP contribution in [0, 0.1) is 5.82 Å². The molecular weight excluding hydrogens is 297 g/mol. The number of hydrogen-bond donors (Lipinski definition) is 1. The van der Waals surface area contributed by atoms with Gasteiger partial charge in [0, 0.05) is 11.1 Å². The highest BCUT2D eigenvalue weighted by atomic mass is 35.5. The predicted molar refractivity (Wildman–Crippen MR) is 82.4 cm³/mol. The van der Waals surface area contributed by atoms with Crippen molar-refractivity contribution in [2.45, 2.75) is 19.4 Å². The van der Waals surface area contributed by atoms with E-state index in [2.05, 4.69) is 5.32 Å². The van der Waals surface area contributed by atoms with Crippen LogP contribution < -0.4 is 10.1 Å². The summed E-state index contributed by atoms with van der Waals surface area (Å²) < 4.78 is 18.7. The first-order valence-electron chi connectivity index (χ1n) is 6.44. The third kappa shape index (κ3) is 3.51. The normalized spacial score (nSPS) is 12.4. The third-order valence-electron chi connectivity index (χ3n) is 3.08. The lowest BCUT2D eigenvalue weighted by atomic mass is 10.0. The molecule has 0 radical (unpaired) electrons. The van der Waals surface area contributed by atoms with Crippen LogP contribution in [0.5, 0.6) is 5.75 Å². The van der Waals surface area contributed by atoms with E-state index in [-0.39, 0.29) is 11.9 Å². The Bertz CT molecular complexity index is 573. The van der Waals surface area contributed by atoms with Gasteiger partial charge in [-0.15, -0.1) is 11.3 Å². The Balaban J connectivity index is 2.27. The van der Waals surface area contributed by atoms with Gasteiger partial charge in [-0.1, -0.05) is 18.5 Å². The number of ether oxygens (including phenoxy) is 1. The minimum Gasteiger partial charge on any atom is -0.496 e. The molecule has 1 aromatic heterocycles. The molecule has 1 N–H and O–H groups in total. The van der Waals surface area contributed by atoms with Crippen molar-refractivity contribution in [1.82, 2.24) is 5.32 Å². The number of halogens is 2. The molecule has 0 aliphatic heterocycles. The van der Waals surface area contributed by atoms with Crippen LogP contribution in [0.2, 0.25) is 5.02 Å². The second-order valence-corrected chi connectivity index (χ2v) is 5.76. The van der Waals surface area contributed by atoms with E-state index in [1.165, 1.54) is 12.1 Å². The smallest absolute Gasteiger partial charge is 0.134 e. The number of methoxy groups -OCH3 is 1. The van der Waals surface area contributed by atoms with E-state index in [1.54, 1.807) is 24.5 Å². The third-order valence-corrected chi connectivity index (χ3v) is 4.46. The molecule has 2 aromatic rings. The molecule has 5 heteroatoms. The second-order valence-electron chi connectivity index (χ2n) is 4.40. The van der Waals surface area contributed by atoms with Gasteiger partial charge in [0.1, 0.15) is 11.6 Å². The lowest BCUT2D eigenvalue weighted by molar-refractivity contribution is 0.403. The standard InChI is InChI=1S/C15H17ClFNOS/c1-3-18-13(15-14(19-2)6-7-20-15)9-10-8-11(17)4-5-12(10)16/h4-8,13,18H,3,9H2,1-2H3. The van der Waals surface area contributed by atoms with Crippen LogP contribution in [0.15, 0.2) is 29.6 Å². The zero-order valence-electron chi connectivity index (χ0n) is 11.5. The van der Waals surface area contributed by atoms with Crippen molar-refractivity contribution >= 4 is 22.9 Å². The summed E-state index contributed by atoms with van der Waals surface area (Å²) in [6.45, 7) is 2.86. The van der Waals surface area contributed by atoms with E-state index in [0.29, 0.717) is 11.4 Å². The number of benzene rings is 1. The quantitative estimate of drug-likeness (QED) is 0.851. The molecule has 0 bridgehead atoms. The topological polar surface area (TPSA) is 21.3 Å². The van der Waals surface area contributed by atoms with E-state index in [4.69, 9.17) is 16.3 Å². The number of rotatable bonds is 6. The Kier molecular flexibility index (Phi) is 5.40. The minimum atomic E-state index is -0.266. The molecule has 2 nitrogen and oxygen atoms in total. The molecule has 0 aliphatic carbocycles. The summed E-state index contributed by atoms with van der Waals surface area (Å²) in [6, 6.07) is 6.47. The Morgan fingerprint density at radius 1 is 1.40 bits per heavy atom. The van der Waals surface area contributed by atoms with Crippen LogP contribution in [0.4, 0.5) is 4.39 Å². The van der Waals surface area contributed by atoms with E-state index in [9.17, 15) is 4.39 Å². The summed E-state index contributed by atoms with van der Waals surface area (Å²) in [5.74, 6) is 0.589. The molecule has 0 fully saturated rings. The predicted octanol–water partition coefficient (Wildman–Crippen LogP) is 4.44. The Morgan fingerprint density at radius 2 is 2.20 bits per heavy atom. The van der Waals surface area contributed by atoms with Crippen LogP contribution in [0.25, 0.3) is 0 Å². The molecule has 20 heavy (non-hydrogen) atoms. The van der Waals surface area contributed by atoms with Crippen molar-refractivity contribution in [3.8, 4) is 5.75 Å². The Labute approximate surface area is 127 Å². The van der Waals surface area contributed by atoms with Crippen molar-refractivity contribution in [3.05, 3.63) is 50.9 Å². The maximum absolute atomic E-state index is 13.4. The Hall–Kier alpha value is -1.10. The summed E-state index contributed by atoms with van der Waals surface area (Å²) in [4.78, 5) is 1.11. The lowest BCUT2D eigenvalue weighted by Gasteiger charge is -2.18. The average Bonchev–Trinajstić information content (AvgIpc) is 2.90. The van der Waals surface area contributed by atoms with E-state index >= 15 is 0 Å². The summed E-state index contributed by atoms with van der Waals surface area (Å²) in [7, 11) is 1.66. The SMILES string of the molecule is CCNC(Cc1cc(F)ccc1Cl)c1sccc1OC. The van der Waals surface area contributed by atoms with E-state index in [1.807, 2.05) is 18.4 Å². The van der Waals surface area contributed by atoms with Crippen LogP contribution >= 0.6 is 22.9 Å². The van der Waals surface area contributed by atoms with Gasteiger partial charge in [-0.25, -0.2) is 4.39 Å². The van der Waals surface area contributed by atoms with Crippen LogP contribution in [-0.4, -0.2) is 13.7 Å². The highest BCUT2D eigenvalue weighted by Gasteiger charge is 2.18. The molecule has 108 valence electrons. The van der Waals surface area contributed by atoms with Crippen molar-refractivity contribution in [2.75, 3.05) is 13.7 Å². The molecule has 1 aromatic carbocycles. The molecule has 0 amide bonds. The first-order chi connectivity index (χ1) is 9.65. The van der Waals surface area contributed by atoms with Gasteiger partial charge in [-0.2, -0.15) is 0 Å². The monoisotopic (exact) mass is 313 g/mol. The molecule has 1 atom stereocenters. The van der Waals surface area contributed by atoms with Crippen molar-refractivity contribution in [3.63, 3.8) is 0 Å². The van der Waals surface area contributed by atoms with Gasteiger partial charge in [-0.3, -0.25) is 0 Å². The van der Waals surface area contributed by atoms with Gasteiger partial charge in [0.25, 0.3) is 0 Å². The molecule has 0 saturated carbocycles. The first kappa shape index (κ1) is 15.3. The summed E-state index contributed by atoms with van der Waals surface area (Å²) in [6.07, 6.45) is 0.626. The number of likely N-dealkylation sites (N-methyl/N-ethyl adjacent to an activating group) is 1. The number of thiophene rings is 1. The average molecular weight is 314 g/mol. The van der Waals surface area contributed by atoms with Gasteiger partial charge in [0.2, 0.25) is 0 Å². The van der Waals surface area contributed by atoms with Gasteiger partial charge in [-0.05, 0) is 48.2 Å². The zero-order valence-corrected chi connectivity index (χ0v) is 13.0. The van der Waals surface area contributed by atoms with Gasteiger partial charge in [0.15, 0.2) is 0 Å². The van der Waals surface area contributed by atoms with Gasteiger partial charge >= 0.3 is 0 Å². The fraction of sp³-hybridized carbons (Fsp3) is 0.333. The van der Waals surface area contributed by atoms with Crippen molar-refractivity contribution < 1.29 is 9.13 Å². The molecule has 2 rings (SSSR count). The fourth-order valence-corrected chi connectivity index (χ4v) is 3.29.